The average molecular weight is 185 g/mol. The summed E-state index contributed by atoms with van der Waals surface area (Å²) in [5.41, 5.74) is 0. The van der Waals surface area contributed by atoms with Crippen molar-refractivity contribution in [2.45, 2.75) is 33.1 Å². The van der Waals surface area contributed by atoms with Gasteiger partial charge in [-0.05, 0) is 31.2 Å². The molecule has 0 saturated carbocycles. The largest absolute Gasteiger partial charge is 0.396 e. The van der Waals surface area contributed by atoms with Crippen LogP contribution in [0.5, 0.6) is 0 Å². The zero-order chi connectivity index (χ0) is 9.68. The summed E-state index contributed by atoms with van der Waals surface area (Å²) >= 11 is 0. The summed E-state index contributed by atoms with van der Waals surface area (Å²) in [4.78, 5) is 2.53. The van der Waals surface area contributed by atoms with Gasteiger partial charge in [0.25, 0.3) is 0 Å². The van der Waals surface area contributed by atoms with E-state index < -0.39 is 0 Å². The van der Waals surface area contributed by atoms with Crippen molar-refractivity contribution in [2.75, 3.05) is 26.2 Å². The lowest BCUT2D eigenvalue weighted by Crippen LogP contribution is -2.46. The quantitative estimate of drug-likeness (QED) is 0.681. The number of aliphatic hydroxyl groups excluding tert-OH is 1. The number of hydrogen-bond donors (Lipinski definition) is 1. The predicted molar refractivity (Wildman–Crippen MR) is 55.7 cm³/mol. The zero-order valence-corrected chi connectivity index (χ0v) is 9.00. The SMILES string of the molecule is CCC1CN(CCCC(C)CO)C1. The maximum absolute atomic E-state index is 8.84. The van der Waals surface area contributed by atoms with Crippen LogP contribution in [-0.4, -0.2) is 36.2 Å². The van der Waals surface area contributed by atoms with Crippen LogP contribution in [-0.2, 0) is 0 Å². The van der Waals surface area contributed by atoms with Crippen molar-refractivity contribution in [1.29, 1.82) is 0 Å². The Kier molecular flexibility index (Phi) is 4.74. The van der Waals surface area contributed by atoms with Crippen molar-refractivity contribution in [3.8, 4) is 0 Å². The van der Waals surface area contributed by atoms with Crippen LogP contribution in [0.25, 0.3) is 0 Å². The second kappa shape index (κ2) is 5.61. The summed E-state index contributed by atoms with van der Waals surface area (Å²) in [5, 5.41) is 8.84. The Bertz CT molecular complexity index is 132. The van der Waals surface area contributed by atoms with Gasteiger partial charge in [-0.2, -0.15) is 0 Å². The van der Waals surface area contributed by atoms with Crippen LogP contribution < -0.4 is 0 Å². The summed E-state index contributed by atoms with van der Waals surface area (Å²) in [6.07, 6.45) is 3.76. The molecule has 0 aromatic heterocycles. The molecule has 13 heavy (non-hydrogen) atoms. The third kappa shape index (κ3) is 3.65. The van der Waals surface area contributed by atoms with Crippen LogP contribution in [0, 0.1) is 11.8 Å². The van der Waals surface area contributed by atoms with Gasteiger partial charge in [0.15, 0.2) is 0 Å². The highest BCUT2D eigenvalue weighted by molar-refractivity contribution is 4.78. The molecule has 0 spiro atoms. The van der Waals surface area contributed by atoms with Crippen molar-refractivity contribution >= 4 is 0 Å². The highest BCUT2D eigenvalue weighted by Gasteiger charge is 2.23. The second-order valence-corrected chi connectivity index (χ2v) is 4.46. The molecule has 0 bridgehead atoms. The van der Waals surface area contributed by atoms with Crippen LogP contribution in [0.15, 0.2) is 0 Å². The number of aliphatic hydroxyl groups is 1. The first-order valence-corrected chi connectivity index (χ1v) is 5.59. The molecule has 1 N–H and O–H groups in total. The first-order chi connectivity index (χ1) is 6.26. The third-order valence-corrected chi connectivity index (χ3v) is 3.09. The lowest BCUT2D eigenvalue weighted by Gasteiger charge is -2.39. The second-order valence-electron chi connectivity index (χ2n) is 4.46. The molecule has 0 aliphatic carbocycles. The van der Waals surface area contributed by atoms with E-state index in [0.29, 0.717) is 12.5 Å². The number of likely N-dealkylation sites (tertiary alicyclic amines) is 1. The van der Waals surface area contributed by atoms with Crippen molar-refractivity contribution in [3.05, 3.63) is 0 Å². The summed E-state index contributed by atoms with van der Waals surface area (Å²) in [6, 6.07) is 0. The number of nitrogens with zero attached hydrogens (tertiary/aromatic N) is 1. The Morgan fingerprint density at radius 3 is 2.69 bits per heavy atom. The predicted octanol–water partition coefficient (Wildman–Crippen LogP) is 1.74. The summed E-state index contributed by atoms with van der Waals surface area (Å²) in [7, 11) is 0. The Morgan fingerprint density at radius 2 is 2.15 bits per heavy atom. The summed E-state index contributed by atoms with van der Waals surface area (Å²) in [6.45, 7) is 8.59. The van der Waals surface area contributed by atoms with Crippen LogP contribution >= 0.6 is 0 Å². The topological polar surface area (TPSA) is 23.5 Å². The number of hydrogen-bond acceptors (Lipinski definition) is 2. The minimum absolute atomic E-state index is 0.345. The van der Waals surface area contributed by atoms with Gasteiger partial charge in [0.05, 0.1) is 0 Å². The fourth-order valence-corrected chi connectivity index (χ4v) is 1.87. The van der Waals surface area contributed by atoms with E-state index in [1.165, 1.54) is 38.9 Å². The summed E-state index contributed by atoms with van der Waals surface area (Å²) in [5.74, 6) is 1.46. The minimum Gasteiger partial charge on any atom is -0.396 e. The molecule has 0 aromatic rings. The van der Waals surface area contributed by atoms with Crippen molar-refractivity contribution in [1.82, 2.24) is 4.90 Å². The van der Waals surface area contributed by atoms with E-state index >= 15 is 0 Å². The molecule has 1 aliphatic rings. The van der Waals surface area contributed by atoms with Gasteiger partial charge in [-0.1, -0.05) is 20.3 Å². The number of rotatable bonds is 6. The Balaban J connectivity index is 1.90. The molecule has 0 aromatic carbocycles. The molecular weight excluding hydrogens is 162 g/mol. The van der Waals surface area contributed by atoms with Crippen LogP contribution in [0.3, 0.4) is 0 Å². The molecule has 1 atom stereocenters. The Labute approximate surface area is 81.9 Å². The standard InChI is InChI=1S/C11H23NO/c1-3-11-7-12(8-11)6-4-5-10(2)9-13/h10-11,13H,3-9H2,1-2H3. The van der Waals surface area contributed by atoms with Crippen LogP contribution in [0.1, 0.15) is 33.1 Å². The van der Waals surface area contributed by atoms with Crippen molar-refractivity contribution < 1.29 is 5.11 Å². The zero-order valence-electron chi connectivity index (χ0n) is 9.00. The van der Waals surface area contributed by atoms with Crippen molar-refractivity contribution in [3.63, 3.8) is 0 Å². The summed E-state index contributed by atoms with van der Waals surface area (Å²) < 4.78 is 0. The lowest BCUT2D eigenvalue weighted by molar-refractivity contribution is 0.0928. The maximum atomic E-state index is 8.84. The van der Waals surface area contributed by atoms with Crippen LogP contribution in [0.4, 0.5) is 0 Å². The molecule has 1 heterocycles. The molecule has 0 radical (unpaired) electrons. The van der Waals surface area contributed by atoms with Gasteiger partial charge in [0, 0.05) is 19.7 Å². The van der Waals surface area contributed by atoms with Gasteiger partial charge in [0.2, 0.25) is 0 Å². The highest BCUT2D eigenvalue weighted by Crippen LogP contribution is 2.19. The molecule has 2 heteroatoms. The monoisotopic (exact) mass is 185 g/mol. The van der Waals surface area contributed by atoms with E-state index in [-0.39, 0.29) is 0 Å². The molecular formula is C11H23NO. The smallest absolute Gasteiger partial charge is 0.0456 e. The van der Waals surface area contributed by atoms with Gasteiger partial charge in [-0.25, -0.2) is 0 Å². The van der Waals surface area contributed by atoms with E-state index in [2.05, 4.69) is 18.7 Å². The van der Waals surface area contributed by atoms with E-state index in [9.17, 15) is 0 Å². The van der Waals surface area contributed by atoms with Gasteiger partial charge in [-0.3, -0.25) is 0 Å². The Morgan fingerprint density at radius 1 is 1.46 bits per heavy atom. The van der Waals surface area contributed by atoms with Crippen molar-refractivity contribution in [2.24, 2.45) is 11.8 Å². The molecule has 1 rings (SSSR count). The third-order valence-electron chi connectivity index (χ3n) is 3.09. The van der Waals surface area contributed by atoms with E-state index in [1.807, 2.05) is 0 Å². The van der Waals surface area contributed by atoms with Crippen LogP contribution in [0.2, 0.25) is 0 Å². The molecule has 2 nitrogen and oxygen atoms in total. The van der Waals surface area contributed by atoms with Gasteiger partial charge < -0.3 is 10.0 Å². The molecule has 78 valence electrons. The lowest BCUT2D eigenvalue weighted by atomic mass is 9.96. The fourth-order valence-electron chi connectivity index (χ4n) is 1.87. The van der Waals surface area contributed by atoms with E-state index in [0.717, 1.165) is 5.92 Å². The molecule has 0 amide bonds. The normalized spacial score (nSPS) is 21.5. The molecule has 1 aliphatic heterocycles. The Hall–Kier alpha value is -0.0800. The first-order valence-electron chi connectivity index (χ1n) is 5.59. The van der Waals surface area contributed by atoms with E-state index in [4.69, 9.17) is 5.11 Å². The average Bonchev–Trinajstić information content (AvgIpc) is 2.08. The highest BCUT2D eigenvalue weighted by atomic mass is 16.3. The van der Waals surface area contributed by atoms with Gasteiger partial charge in [0.1, 0.15) is 0 Å². The van der Waals surface area contributed by atoms with E-state index in [1.54, 1.807) is 0 Å². The molecule has 1 fully saturated rings. The fraction of sp³-hybridized carbons (Fsp3) is 1.00. The van der Waals surface area contributed by atoms with Gasteiger partial charge >= 0.3 is 0 Å². The maximum Gasteiger partial charge on any atom is 0.0456 e. The molecule has 1 unspecified atom stereocenters. The van der Waals surface area contributed by atoms with Gasteiger partial charge in [-0.15, -0.1) is 0 Å². The first kappa shape index (κ1) is 11.0. The minimum atomic E-state index is 0.345. The molecule has 1 saturated heterocycles.